The highest BCUT2D eigenvalue weighted by Gasteiger charge is 2.35. The molecule has 1 N–H and O–H groups in total. The van der Waals surface area contributed by atoms with Crippen molar-refractivity contribution in [1.82, 2.24) is 10.2 Å². The van der Waals surface area contributed by atoms with Crippen LogP contribution in [0.5, 0.6) is 0 Å². The molecule has 1 heterocycles. The van der Waals surface area contributed by atoms with Crippen LogP contribution in [0.15, 0.2) is 22.7 Å². The van der Waals surface area contributed by atoms with Crippen LogP contribution in [0.25, 0.3) is 0 Å². The summed E-state index contributed by atoms with van der Waals surface area (Å²) in [5, 5.41) is 3.69. The molecule has 1 aromatic carbocycles. The first-order chi connectivity index (χ1) is 9.83. The van der Waals surface area contributed by atoms with Crippen molar-refractivity contribution in [2.24, 2.45) is 5.92 Å². The van der Waals surface area contributed by atoms with Crippen molar-refractivity contribution >= 4 is 15.9 Å². The van der Waals surface area contributed by atoms with Gasteiger partial charge in [-0.1, -0.05) is 36.7 Å². The van der Waals surface area contributed by atoms with Crippen LogP contribution in [0, 0.1) is 11.7 Å². The lowest BCUT2D eigenvalue weighted by molar-refractivity contribution is 0.0538. The van der Waals surface area contributed by atoms with E-state index in [1.165, 1.54) is 6.07 Å². The lowest BCUT2D eigenvalue weighted by Gasteiger charge is -2.47. The minimum atomic E-state index is -0.172. The Balaban J connectivity index is 2.19. The molecule has 1 fully saturated rings. The molecule has 1 saturated heterocycles. The van der Waals surface area contributed by atoms with Gasteiger partial charge in [0.15, 0.2) is 0 Å². The highest BCUT2D eigenvalue weighted by molar-refractivity contribution is 9.10. The van der Waals surface area contributed by atoms with Gasteiger partial charge in [-0.3, -0.25) is 4.90 Å². The fourth-order valence-electron chi connectivity index (χ4n) is 3.11. The average Bonchev–Trinajstić information content (AvgIpc) is 2.37. The van der Waals surface area contributed by atoms with Gasteiger partial charge < -0.3 is 5.32 Å². The topological polar surface area (TPSA) is 15.3 Å². The molecule has 1 aliphatic rings. The minimum absolute atomic E-state index is 0.149. The summed E-state index contributed by atoms with van der Waals surface area (Å²) in [6, 6.07) is 5.67. The van der Waals surface area contributed by atoms with Crippen molar-refractivity contribution in [3.05, 3.63) is 34.1 Å². The first kappa shape index (κ1) is 16.9. The second kappa shape index (κ2) is 6.76. The Kier molecular flexibility index (Phi) is 5.44. The average molecular weight is 357 g/mol. The van der Waals surface area contributed by atoms with Gasteiger partial charge in [0.1, 0.15) is 5.82 Å². The number of piperazine rings is 1. The summed E-state index contributed by atoms with van der Waals surface area (Å²) in [4.78, 5) is 2.51. The van der Waals surface area contributed by atoms with Crippen molar-refractivity contribution in [2.45, 2.75) is 52.2 Å². The van der Waals surface area contributed by atoms with E-state index in [1.807, 2.05) is 6.07 Å². The largest absolute Gasteiger partial charge is 0.309 e. The third-order valence-electron chi connectivity index (χ3n) is 4.62. The molecular weight excluding hydrogens is 331 g/mol. The molecule has 2 nitrogen and oxygen atoms in total. The van der Waals surface area contributed by atoms with Crippen molar-refractivity contribution < 1.29 is 4.39 Å². The van der Waals surface area contributed by atoms with Crippen LogP contribution in [0.2, 0.25) is 0 Å². The van der Waals surface area contributed by atoms with Crippen LogP contribution < -0.4 is 5.32 Å². The predicted molar refractivity (Wildman–Crippen MR) is 89.8 cm³/mol. The molecule has 21 heavy (non-hydrogen) atoms. The molecule has 0 saturated carbocycles. The minimum Gasteiger partial charge on any atom is -0.309 e. The Morgan fingerprint density at radius 2 is 2.14 bits per heavy atom. The summed E-state index contributed by atoms with van der Waals surface area (Å²) in [5.41, 5.74) is 1.18. The standard InChI is InChI=1S/C17H26BrFN2/c1-5-17(4)11-21(16(9-20-17)12(2)3)10-13-6-14(18)8-15(19)7-13/h6-8,12,16,20H,5,9-11H2,1-4H3. The Morgan fingerprint density at radius 1 is 1.43 bits per heavy atom. The van der Waals surface area contributed by atoms with Gasteiger partial charge in [0.25, 0.3) is 0 Å². The highest BCUT2D eigenvalue weighted by Crippen LogP contribution is 2.25. The zero-order valence-corrected chi connectivity index (χ0v) is 15.0. The molecule has 2 unspecified atom stereocenters. The molecule has 0 amide bonds. The van der Waals surface area contributed by atoms with Crippen LogP contribution in [-0.2, 0) is 6.54 Å². The Morgan fingerprint density at radius 3 is 2.71 bits per heavy atom. The van der Waals surface area contributed by atoms with Crippen molar-refractivity contribution in [3.63, 3.8) is 0 Å². The second-order valence-electron chi connectivity index (χ2n) is 6.79. The quantitative estimate of drug-likeness (QED) is 0.869. The van der Waals surface area contributed by atoms with E-state index in [2.05, 4.69) is 53.8 Å². The summed E-state index contributed by atoms with van der Waals surface area (Å²) in [6.07, 6.45) is 1.10. The second-order valence-corrected chi connectivity index (χ2v) is 7.70. The molecule has 2 atom stereocenters. The van der Waals surface area contributed by atoms with Crippen LogP contribution >= 0.6 is 15.9 Å². The Bertz CT molecular complexity index is 471. The molecule has 4 heteroatoms. The van der Waals surface area contributed by atoms with E-state index >= 15 is 0 Å². The van der Waals surface area contributed by atoms with Crippen LogP contribution in [0.3, 0.4) is 0 Å². The summed E-state index contributed by atoms with van der Waals surface area (Å²) in [5.74, 6) is 0.407. The Labute approximate surface area is 136 Å². The van der Waals surface area contributed by atoms with E-state index in [4.69, 9.17) is 0 Å². The third kappa shape index (κ3) is 4.27. The molecular formula is C17H26BrFN2. The van der Waals surface area contributed by atoms with Gasteiger partial charge in [0.2, 0.25) is 0 Å². The van der Waals surface area contributed by atoms with E-state index in [0.717, 1.165) is 36.1 Å². The zero-order valence-electron chi connectivity index (χ0n) is 13.4. The first-order valence-corrected chi connectivity index (χ1v) is 8.56. The molecule has 0 spiro atoms. The monoisotopic (exact) mass is 356 g/mol. The van der Waals surface area contributed by atoms with Crippen molar-refractivity contribution in [2.75, 3.05) is 13.1 Å². The molecule has 2 rings (SSSR count). The van der Waals surface area contributed by atoms with Crippen molar-refractivity contribution in [3.8, 4) is 0 Å². The van der Waals surface area contributed by atoms with Gasteiger partial charge in [-0.05, 0) is 43.0 Å². The fraction of sp³-hybridized carbons (Fsp3) is 0.647. The van der Waals surface area contributed by atoms with Gasteiger partial charge in [-0.25, -0.2) is 4.39 Å². The van der Waals surface area contributed by atoms with Crippen LogP contribution in [0.4, 0.5) is 4.39 Å². The zero-order chi connectivity index (χ0) is 15.6. The maximum absolute atomic E-state index is 13.6. The number of nitrogens with one attached hydrogen (secondary N) is 1. The number of halogens is 2. The van der Waals surface area contributed by atoms with E-state index in [1.54, 1.807) is 6.07 Å². The van der Waals surface area contributed by atoms with Crippen LogP contribution in [-0.4, -0.2) is 29.6 Å². The van der Waals surface area contributed by atoms with Gasteiger partial charge in [-0.15, -0.1) is 0 Å². The normalized spacial score (nSPS) is 27.3. The molecule has 0 bridgehead atoms. The van der Waals surface area contributed by atoms with Gasteiger partial charge in [0.05, 0.1) is 0 Å². The fourth-order valence-corrected chi connectivity index (χ4v) is 3.62. The maximum atomic E-state index is 13.6. The lowest BCUT2D eigenvalue weighted by Crippen LogP contribution is -2.63. The summed E-state index contributed by atoms with van der Waals surface area (Å²) < 4.78 is 14.4. The van der Waals surface area contributed by atoms with Crippen molar-refractivity contribution in [1.29, 1.82) is 0 Å². The predicted octanol–water partition coefficient (Wildman–Crippen LogP) is 4.19. The number of hydrogen-bond acceptors (Lipinski definition) is 2. The number of rotatable bonds is 4. The van der Waals surface area contributed by atoms with E-state index in [0.29, 0.717) is 12.0 Å². The summed E-state index contributed by atoms with van der Waals surface area (Å²) in [7, 11) is 0. The molecule has 0 aromatic heterocycles. The molecule has 1 aliphatic heterocycles. The van der Waals surface area contributed by atoms with E-state index in [-0.39, 0.29) is 11.4 Å². The molecule has 118 valence electrons. The third-order valence-corrected chi connectivity index (χ3v) is 5.07. The maximum Gasteiger partial charge on any atom is 0.124 e. The van der Waals surface area contributed by atoms with Gasteiger partial charge in [-0.2, -0.15) is 0 Å². The summed E-state index contributed by atoms with van der Waals surface area (Å²) >= 11 is 3.39. The number of hydrogen-bond donors (Lipinski definition) is 1. The van der Waals surface area contributed by atoms with Gasteiger partial charge in [0, 0.05) is 35.7 Å². The highest BCUT2D eigenvalue weighted by atomic mass is 79.9. The molecule has 1 aromatic rings. The first-order valence-electron chi connectivity index (χ1n) is 7.77. The Hall–Kier alpha value is -0.450. The molecule has 0 aliphatic carbocycles. The van der Waals surface area contributed by atoms with Gasteiger partial charge >= 0.3 is 0 Å². The van der Waals surface area contributed by atoms with Crippen LogP contribution in [0.1, 0.15) is 39.7 Å². The number of benzene rings is 1. The van der Waals surface area contributed by atoms with E-state index < -0.39 is 0 Å². The smallest absolute Gasteiger partial charge is 0.124 e. The number of nitrogens with zero attached hydrogens (tertiary/aromatic N) is 1. The molecule has 0 radical (unpaired) electrons. The lowest BCUT2D eigenvalue weighted by atomic mass is 9.89. The summed E-state index contributed by atoms with van der Waals surface area (Å²) in [6.45, 7) is 11.8. The SMILES string of the molecule is CCC1(C)CN(Cc2cc(F)cc(Br)c2)C(C(C)C)CN1. The van der Waals surface area contributed by atoms with E-state index in [9.17, 15) is 4.39 Å².